The Hall–Kier alpha value is -1.18. The maximum Gasteiger partial charge on any atom is 0.305 e. The number of hydrogen-bond donors (Lipinski definition) is 3. The molecule has 1 amide bonds. The van der Waals surface area contributed by atoms with Gasteiger partial charge in [-0.15, -0.1) is 0 Å². The van der Waals surface area contributed by atoms with Gasteiger partial charge in [-0.05, 0) is 24.7 Å². The average molecular weight is 316 g/mol. The minimum absolute atomic E-state index is 0.184. The van der Waals surface area contributed by atoms with Gasteiger partial charge in [-0.3, -0.25) is 9.59 Å². The van der Waals surface area contributed by atoms with E-state index in [1.165, 1.54) is 20.0 Å². The molecular formula is C15H28N2O5. The number of carboxylic acids is 1. The molecular weight excluding hydrogens is 288 g/mol. The maximum atomic E-state index is 11.9. The highest BCUT2D eigenvalue weighted by molar-refractivity contribution is 5.86. The first kappa shape index (κ1) is 18.9. The van der Waals surface area contributed by atoms with Gasteiger partial charge in [0.2, 0.25) is 5.91 Å². The van der Waals surface area contributed by atoms with Crippen LogP contribution in [-0.2, 0) is 19.1 Å². The Balaban J connectivity index is 2.46. The van der Waals surface area contributed by atoms with E-state index >= 15 is 0 Å². The normalized spacial score (nSPS) is 18.8. The number of carbonyl (C=O) groups excluding carboxylic acids is 1. The Kier molecular flexibility index (Phi) is 7.78. The molecule has 1 rings (SSSR count). The van der Waals surface area contributed by atoms with E-state index in [-0.39, 0.29) is 12.1 Å². The van der Waals surface area contributed by atoms with Crippen molar-refractivity contribution in [3.63, 3.8) is 0 Å². The lowest BCUT2D eigenvalue weighted by molar-refractivity contribution is -0.139. The van der Waals surface area contributed by atoms with Crippen LogP contribution in [0.25, 0.3) is 0 Å². The van der Waals surface area contributed by atoms with Gasteiger partial charge in [0.1, 0.15) is 0 Å². The summed E-state index contributed by atoms with van der Waals surface area (Å²) in [5.41, 5.74) is 5.55. The van der Waals surface area contributed by atoms with Gasteiger partial charge in [0, 0.05) is 7.11 Å². The first-order valence-electron chi connectivity index (χ1n) is 7.73. The number of nitrogens with one attached hydrogen (secondary N) is 1. The van der Waals surface area contributed by atoms with E-state index in [0.717, 1.165) is 0 Å². The number of ether oxygens (including phenoxy) is 2. The van der Waals surface area contributed by atoms with Crippen molar-refractivity contribution in [2.45, 2.75) is 51.3 Å². The largest absolute Gasteiger partial charge is 0.481 e. The third-order valence-electron chi connectivity index (χ3n) is 3.68. The lowest BCUT2D eigenvalue weighted by atomic mass is 10.0. The van der Waals surface area contributed by atoms with Crippen LogP contribution in [0.3, 0.4) is 0 Å². The molecule has 128 valence electrons. The van der Waals surface area contributed by atoms with E-state index in [9.17, 15) is 9.59 Å². The molecule has 3 atom stereocenters. The Morgan fingerprint density at radius 1 is 1.32 bits per heavy atom. The van der Waals surface area contributed by atoms with E-state index < -0.39 is 24.3 Å². The van der Waals surface area contributed by atoms with Crippen LogP contribution in [-0.4, -0.2) is 55.5 Å². The van der Waals surface area contributed by atoms with E-state index in [0.29, 0.717) is 25.0 Å². The highest BCUT2D eigenvalue weighted by Gasteiger charge is 2.34. The molecule has 0 aliphatic heterocycles. The van der Waals surface area contributed by atoms with Gasteiger partial charge in [-0.25, -0.2) is 0 Å². The first-order valence-corrected chi connectivity index (χ1v) is 7.73. The summed E-state index contributed by atoms with van der Waals surface area (Å²) in [6.07, 6.45) is 2.16. The van der Waals surface area contributed by atoms with Crippen molar-refractivity contribution in [2.24, 2.45) is 17.6 Å². The van der Waals surface area contributed by atoms with E-state index in [1.807, 2.05) is 0 Å². The second-order valence-corrected chi connectivity index (χ2v) is 6.24. The highest BCUT2D eigenvalue weighted by atomic mass is 16.5. The van der Waals surface area contributed by atoms with Gasteiger partial charge < -0.3 is 25.6 Å². The number of amides is 1. The first-order chi connectivity index (χ1) is 10.3. The second kappa shape index (κ2) is 9.07. The van der Waals surface area contributed by atoms with Crippen LogP contribution in [0.2, 0.25) is 0 Å². The quantitative estimate of drug-likeness (QED) is 0.508. The average Bonchev–Trinajstić information content (AvgIpc) is 3.22. The lowest BCUT2D eigenvalue weighted by Gasteiger charge is -2.26. The molecule has 2 unspecified atom stereocenters. The zero-order valence-electron chi connectivity index (χ0n) is 13.6. The standard InChI is InChI=1S/C15H28N2O5/c1-9(2)14(10-4-5-10)22-8-11(7-21-3)17-15(20)12(16)6-13(18)19/h9-12,14H,4-8,16H2,1-3H3,(H,17,20)(H,18,19)/t11?,12-,14?/m0/s1. The predicted octanol–water partition coefficient (Wildman–Crippen LogP) is 0.371. The monoisotopic (exact) mass is 316 g/mol. The zero-order valence-corrected chi connectivity index (χ0v) is 13.6. The molecule has 22 heavy (non-hydrogen) atoms. The van der Waals surface area contributed by atoms with Crippen molar-refractivity contribution in [3.8, 4) is 0 Å². The second-order valence-electron chi connectivity index (χ2n) is 6.24. The molecule has 4 N–H and O–H groups in total. The molecule has 1 aliphatic rings. The van der Waals surface area contributed by atoms with Crippen LogP contribution in [0.4, 0.5) is 0 Å². The summed E-state index contributed by atoms with van der Waals surface area (Å²) in [7, 11) is 1.54. The number of nitrogens with two attached hydrogens (primary N) is 1. The van der Waals surface area contributed by atoms with Gasteiger partial charge in [-0.2, -0.15) is 0 Å². The summed E-state index contributed by atoms with van der Waals surface area (Å²) in [4.78, 5) is 22.5. The number of hydrogen-bond acceptors (Lipinski definition) is 5. The highest BCUT2D eigenvalue weighted by Crippen LogP contribution is 2.37. The Labute approximate surface area is 131 Å². The van der Waals surface area contributed by atoms with E-state index in [1.54, 1.807) is 0 Å². The molecule has 7 heteroatoms. The molecule has 0 radical (unpaired) electrons. The van der Waals surface area contributed by atoms with Crippen molar-refractivity contribution in [2.75, 3.05) is 20.3 Å². The van der Waals surface area contributed by atoms with Crippen LogP contribution in [0.1, 0.15) is 33.1 Å². The summed E-state index contributed by atoms with van der Waals surface area (Å²) in [5.74, 6) is -0.579. The molecule has 7 nitrogen and oxygen atoms in total. The van der Waals surface area contributed by atoms with Crippen molar-refractivity contribution in [1.82, 2.24) is 5.32 Å². The summed E-state index contributed by atoms with van der Waals surface area (Å²) in [6.45, 7) is 4.87. The molecule has 0 bridgehead atoms. The SMILES string of the molecule is COCC(COC(C(C)C)C1CC1)NC(=O)[C@@H](N)CC(=O)O. The summed E-state index contributed by atoms with van der Waals surface area (Å²) >= 11 is 0. The van der Waals surface area contributed by atoms with Crippen molar-refractivity contribution < 1.29 is 24.2 Å². The Morgan fingerprint density at radius 2 is 1.95 bits per heavy atom. The fourth-order valence-electron chi connectivity index (χ4n) is 2.45. The third kappa shape index (κ3) is 6.72. The number of rotatable bonds is 11. The Morgan fingerprint density at radius 3 is 2.41 bits per heavy atom. The fourth-order valence-corrected chi connectivity index (χ4v) is 2.45. The number of carbonyl (C=O) groups is 2. The predicted molar refractivity (Wildman–Crippen MR) is 81.3 cm³/mol. The van der Waals surface area contributed by atoms with E-state index in [4.69, 9.17) is 20.3 Å². The van der Waals surface area contributed by atoms with Gasteiger partial charge >= 0.3 is 5.97 Å². The smallest absolute Gasteiger partial charge is 0.305 e. The van der Waals surface area contributed by atoms with Crippen LogP contribution < -0.4 is 11.1 Å². The minimum Gasteiger partial charge on any atom is -0.481 e. The fraction of sp³-hybridized carbons (Fsp3) is 0.867. The van der Waals surface area contributed by atoms with Gasteiger partial charge in [0.05, 0.1) is 37.8 Å². The number of carboxylic acid groups (broad SMARTS) is 1. The zero-order chi connectivity index (χ0) is 16.7. The summed E-state index contributed by atoms with van der Waals surface area (Å²) in [5, 5.41) is 11.4. The molecule has 1 saturated carbocycles. The third-order valence-corrected chi connectivity index (χ3v) is 3.68. The topological polar surface area (TPSA) is 111 Å². The molecule has 0 aromatic rings. The van der Waals surface area contributed by atoms with Crippen LogP contribution in [0, 0.1) is 11.8 Å². The number of methoxy groups -OCH3 is 1. The van der Waals surface area contributed by atoms with Gasteiger partial charge in [-0.1, -0.05) is 13.8 Å². The van der Waals surface area contributed by atoms with Crippen molar-refractivity contribution in [3.05, 3.63) is 0 Å². The number of aliphatic carboxylic acids is 1. The van der Waals surface area contributed by atoms with E-state index in [2.05, 4.69) is 19.2 Å². The molecule has 0 aromatic carbocycles. The summed E-state index contributed by atoms with van der Waals surface area (Å²) in [6, 6.07) is -1.40. The van der Waals surface area contributed by atoms with Crippen LogP contribution in [0.15, 0.2) is 0 Å². The van der Waals surface area contributed by atoms with Crippen molar-refractivity contribution >= 4 is 11.9 Å². The molecule has 0 spiro atoms. The molecule has 1 aliphatic carbocycles. The molecule has 0 aromatic heterocycles. The molecule has 1 fully saturated rings. The minimum atomic E-state index is -1.10. The summed E-state index contributed by atoms with van der Waals surface area (Å²) < 4.78 is 11.0. The molecule has 0 heterocycles. The van der Waals surface area contributed by atoms with Gasteiger partial charge in [0.15, 0.2) is 0 Å². The van der Waals surface area contributed by atoms with Crippen LogP contribution >= 0.6 is 0 Å². The Bertz CT molecular complexity index is 369. The lowest BCUT2D eigenvalue weighted by Crippen LogP contribution is -2.50. The van der Waals surface area contributed by atoms with Crippen molar-refractivity contribution in [1.29, 1.82) is 0 Å². The molecule has 0 saturated heterocycles. The maximum absolute atomic E-state index is 11.9. The van der Waals surface area contributed by atoms with Gasteiger partial charge in [0.25, 0.3) is 0 Å². The van der Waals surface area contributed by atoms with Crippen LogP contribution in [0.5, 0.6) is 0 Å².